The molecule has 2 rings (SSSR count). The summed E-state index contributed by atoms with van der Waals surface area (Å²) in [6, 6.07) is 10.2. The Bertz CT molecular complexity index is 565. The van der Waals surface area contributed by atoms with Gasteiger partial charge in [0.2, 0.25) is 0 Å². The number of pyridine rings is 1. The molecule has 17 heavy (non-hydrogen) atoms. The van der Waals surface area contributed by atoms with Crippen LogP contribution in [-0.4, -0.2) is 18.1 Å². The summed E-state index contributed by atoms with van der Waals surface area (Å²) in [5.74, 6) is 0. The molecule has 0 radical (unpaired) electrons. The number of aromatic nitrogens is 1. The minimum Gasteiger partial charge on any atom is -0.372 e. The Morgan fingerprint density at radius 2 is 2.00 bits per heavy atom. The summed E-state index contributed by atoms with van der Waals surface area (Å²) in [5.41, 5.74) is 2.72. The van der Waals surface area contributed by atoms with Crippen molar-refractivity contribution in [2.45, 2.75) is 13.8 Å². The molecule has 0 saturated carbocycles. The molecule has 0 fully saturated rings. The zero-order valence-corrected chi connectivity index (χ0v) is 10.1. The first kappa shape index (κ1) is 11.4. The van der Waals surface area contributed by atoms with Gasteiger partial charge >= 0.3 is 0 Å². The van der Waals surface area contributed by atoms with E-state index in [1.54, 1.807) is 6.20 Å². The summed E-state index contributed by atoms with van der Waals surface area (Å²) < 4.78 is 0. The molecule has 0 saturated heterocycles. The van der Waals surface area contributed by atoms with Crippen molar-refractivity contribution in [1.29, 1.82) is 5.26 Å². The lowest BCUT2D eigenvalue weighted by atomic mass is 10.1. The lowest BCUT2D eigenvalue weighted by Crippen LogP contribution is -2.21. The third-order valence-electron chi connectivity index (χ3n) is 2.92. The van der Waals surface area contributed by atoms with Crippen LogP contribution in [-0.2, 0) is 0 Å². The topological polar surface area (TPSA) is 39.9 Å². The first-order valence-electron chi connectivity index (χ1n) is 5.83. The number of hydrogen-bond acceptors (Lipinski definition) is 3. The van der Waals surface area contributed by atoms with E-state index in [-0.39, 0.29) is 0 Å². The van der Waals surface area contributed by atoms with Crippen LogP contribution in [0.2, 0.25) is 0 Å². The molecule has 0 amide bonds. The van der Waals surface area contributed by atoms with Crippen molar-refractivity contribution in [3.8, 4) is 6.07 Å². The van der Waals surface area contributed by atoms with E-state index in [2.05, 4.69) is 41.9 Å². The minimum atomic E-state index is 0.606. The van der Waals surface area contributed by atoms with E-state index in [4.69, 9.17) is 5.26 Å². The molecule has 0 aliphatic heterocycles. The molecule has 3 nitrogen and oxygen atoms in total. The Morgan fingerprint density at radius 3 is 2.65 bits per heavy atom. The third kappa shape index (κ3) is 2.21. The van der Waals surface area contributed by atoms with Crippen LogP contribution in [0.4, 0.5) is 5.69 Å². The monoisotopic (exact) mass is 225 g/mol. The second-order valence-corrected chi connectivity index (χ2v) is 3.89. The number of rotatable bonds is 3. The fraction of sp³-hybridized carbons (Fsp3) is 0.286. The highest BCUT2D eigenvalue weighted by atomic mass is 15.1. The van der Waals surface area contributed by atoms with E-state index in [0.717, 1.165) is 24.0 Å². The SMILES string of the molecule is CCN(CC)c1ccc2ncc(C#N)cc2c1. The maximum atomic E-state index is 8.87. The predicted molar refractivity (Wildman–Crippen MR) is 70.0 cm³/mol. The van der Waals surface area contributed by atoms with Crippen molar-refractivity contribution in [3.05, 3.63) is 36.0 Å². The zero-order chi connectivity index (χ0) is 12.3. The standard InChI is InChI=1S/C14H15N3/c1-3-17(4-2)13-5-6-14-12(8-13)7-11(9-15)10-16-14/h5-8,10H,3-4H2,1-2H3. The quantitative estimate of drug-likeness (QED) is 0.806. The van der Waals surface area contributed by atoms with E-state index in [1.165, 1.54) is 5.69 Å². The highest BCUT2D eigenvalue weighted by Gasteiger charge is 2.04. The molecule has 3 heteroatoms. The number of benzene rings is 1. The van der Waals surface area contributed by atoms with E-state index in [1.807, 2.05) is 12.1 Å². The maximum absolute atomic E-state index is 8.87. The van der Waals surface area contributed by atoms with Gasteiger partial charge in [-0.25, -0.2) is 0 Å². The van der Waals surface area contributed by atoms with E-state index >= 15 is 0 Å². The van der Waals surface area contributed by atoms with Gasteiger partial charge in [-0.1, -0.05) is 0 Å². The smallest absolute Gasteiger partial charge is 0.101 e. The van der Waals surface area contributed by atoms with Crippen molar-refractivity contribution >= 4 is 16.6 Å². The Kier molecular flexibility index (Phi) is 3.24. The van der Waals surface area contributed by atoms with Gasteiger partial charge in [-0.3, -0.25) is 4.98 Å². The van der Waals surface area contributed by atoms with Gasteiger partial charge in [-0.15, -0.1) is 0 Å². The first-order chi connectivity index (χ1) is 8.28. The number of hydrogen-bond donors (Lipinski definition) is 0. The van der Waals surface area contributed by atoms with E-state index in [0.29, 0.717) is 5.56 Å². The van der Waals surface area contributed by atoms with Crippen LogP contribution in [0.3, 0.4) is 0 Å². The summed E-state index contributed by atoms with van der Waals surface area (Å²) in [5, 5.41) is 9.89. The Hall–Kier alpha value is -2.08. The van der Waals surface area contributed by atoms with Crippen LogP contribution < -0.4 is 4.90 Å². The Balaban J connectivity index is 2.52. The zero-order valence-electron chi connectivity index (χ0n) is 10.1. The number of nitriles is 1. The Morgan fingerprint density at radius 1 is 1.24 bits per heavy atom. The van der Waals surface area contributed by atoms with E-state index in [9.17, 15) is 0 Å². The van der Waals surface area contributed by atoms with Crippen LogP contribution >= 0.6 is 0 Å². The Labute approximate surface area is 101 Å². The molecular formula is C14H15N3. The van der Waals surface area contributed by atoms with Crippen LogP contribution in [0.1, 0.15) is 19.4 Å². The predicted octanol–water partition coefficient (Wildman–Crippen LogP) is 2.95. The van der Waals surface area contributed by atoms with Gasteiger partial charge in [0.05, 0.1) is 11.1 Å². The van der Waals surface area contributed by atoms with Gasteiger partial charge < -0.3 is 4.90 Å². The summed E-state index contributed by atoms with van der Waals surface area (Å²) in [4.78, 5) is 6.54. The van der Waals surface area contributed by atoms with Crippen molar-refractivity contribution in [1.82, 2.24) is 4.98 Å². The summed E-state index contributed by atoms with van der Waals surface area (Å²) >= 11 is 0. The normalized spacial score (nSPS) is 10.2. The average molecular weight is 225 g/mol. The molecular weight excluding hydrogens is 210 g/mol. The number of anilines is 1. The van der Waals surface area contributed by atoms with Crippen molar-refractivity contribution < 1.29 is 0 Å². The fourth-order valence-electron chi connectivity index (χ4n) is 1.97. The largest absolute Gasteiger partial charge is 0.372 e. The molecule has 86 valence electrons. The van der Waals surface area contributed by atoms with Gasteiger partial charge in [-0.2, -0.15) is 5.26 Å². The van der Waals surface area contributed by atoms with Gasteiger partial charge in [0.15, 0.2) is 0 Å². The van der Waals surface area contributed by atoms with Gasteiger partial charge in [0, 0.05) is 30.4 Å². The maximum Gasteiger partial charge on any atom is 0.101 e. The van der Waals surface area contributed by atoms with Crippen LogP contribution in [0.5, 0.6) is 0 Å². The lowest BCUT2D eigenvalue weighted by molar-refractivity contribution is 0.867. The average Bonchev–Trinajstić information content (AvgIpc) is 2.39. The highest BCUT2D eigenvalue weighted by Crippen LogP contribution is 2.21. The molecule has 0 aliphatic rings. The number of nitrogens with zero attached hydrogens (tertiary/aromatic N) is 3. The fourth-order valence-corrected chi connectivity index (χ4v) is 1.97. The molecule has 1 heterocycles. The van der Waals surface area contributed by atoms with Gasteiger partial charge in [0.1, 0.15) is 6.07 Å². The molecule has 0 bridgehead atoms. The third-order valence-corrected chi connectivity index (χ3v) is 2.92. The summed E-state index contributed by atoms with van der Waals surface area (Å²) in [7, 11) is 0. The van der Waals surface area contributed by atoms with Crippen LogP contribution in [0.15, 0.2) is 30.5 Å². The lowest BCUT2D eigenvalue weighted by Gasteiger charge is -2.21. The molecule has 1 aromatic carbocycles. The van der Waals surface area contributed by atoms with Gasteiger partial charge in [0.25, 0.3) is 0 Å². The molecule has 0 spiro atoms. The summed E-state index contributed by atoms with van der Waals surface area (Å²) in [6.45, 7) is 6.23. The van der Waals surface area contributed by atoms with Crippen LogP contribution in [0, 0.1) is 11.3 Å². The second kappa shape index (κ2) is 4.84. The summed E-state index contributed by atoms with van der Waals surface area (Å²) in [6.07, 6.45) is 1.61. The van der Waals surface area contributed by atoms with Crippen molar-refractivity contribution in [2.24, 2.45) is 0 Å². The molecule has 0 aliphatic carbocycles. The number of fused-ring (bicyclic) bond motifs is 1. The van der Waals surface area contributed by atoms with Crippen LogP contribution in [0.25, 0.3) is 10.9 Å². The van der Waals surface area contributed by atoms with Crippen molar-refractivity contribution in [3.63, 3.8) is 0 Å². The minimum absolute atomic E-state index is 0.606. The first-order valence-corrected chi connectivity index (χ1v) is 5.83. The molecule has 1 aromatic heterocycles. The molecule has 2 aromatic rings. The van der Waals surface area contributed by atoms with Crippen molar-refractivity contribution in [2.75, 3.05) is 18.0 Å². The highest BCUT2D eigenvalue weighted by molar-refractivity contribution is 5.83. The molecule has 0 unspecified atom stereocenters. The molecule has 0 N–H and O–H groups in total. The molecule has 0 atom stereocenters. The van der Waals surface area contributed by atoms with Gasteiger partial charge in [-0.05, 0) is 38.1 Å². The van der Waals surface area contributed by atoms with E-state index < -0.39 is 0 Å². The second-order valence-electron chi connectivity index (χ2n) is 3.89.